The van der Waals surface area contributed by atoms with Gasteiger partial charge in [0, 0.05) is 32.0 Å². The highest BCUT2D eigenvalue weighted by atomic mass is 16.6. The second-order valence-corrected chi connectivity index (χ2v) is 6.55. The maximum atomic E-state index is 11.8. The minimum Gasteiger partial charge on any atom is -0.444 e. The van der Waals surface area contributed by atoms with Crippen LogP contribution >= 0.6 is 0 Å². The molecule has 21 heavy (non-hydrogen) atoms. The first-order valence-corrected chi connectivity index (χ1v) is 7.42. The van der Waals surface area contributed by atoms with Gasteiger partial charge in [-0.1, -0.05) is 6.92 Å². The van der Waals surface area contributed by atoms with Crippen LogP contribution in [0, 0.1) is 5.92 Å². The summed E-state index contributed by atoms with van der Waals surface area (Å²) in [5.74, 6) is 1.11. The SMILES string of the molecule is CCCn1c(CC2CN(C(=O)OC(C)(C)C)C2)n[nH]c1=O. The summed E-state index contributed by atoms with van der Waals surface area (Å²) in [5.41, 5.74) is -0.624. The molecule has 0 saturated carbocycles. The van der Waals surface area contributed by atoms with Crippen molar-refractivity contribution in [3.05, 3.63) is 16.3 Å². The third-order valence-electron chi connectivity index (χ3n) is 3.36. The Morgan fingerprint density at radius 3 is 2.67 bits per heavy atom. The van der Waals surface area contributed by atoms with Crippen molar-refractivity contribution in [2.45, 2.75) is 52.7 Å². The molecule has 1 aliphatic heterocycles. The van der Waals surface area contributed by atoms with Crippen LogP contribution in [0.25, 0.3) is 0 Å². The van der Waals surface area contributed by atoms with Crippen molar-refractivity contribution in [3.8, 4) is 0 Å². The number of nitrogens with zero attached hydrogens (tertiary/aromatic N) is 3. The Morgan fingerprint density at radius 2 is 2.10 bits per heavy atom. The fourth-order valence-corrected chi connectivity index (χ4v) is 2.39. The second-order valence-electron chi connectivity index (χ2n) is 6.55. The molecule has 0 unspecified atom stereocenters. The highest BCUT2D eigenvalue weighted by Crippen LogP contribution is 2.22. The van der Waals surface area contributed by atoms with Gasteiger partial charge >= 0.3 is 11.8 Å². The van der Waals surface area contributed by atoms with E-state index in [1.807, 2.05) is 27.7 Å². The summed E-state index contributed by atoms with van der Waals surface area (Å²) in [7, 11) is 0. The van der Waals surface area contributed by atoms with E-state index in [0.29, 0.717) is 32.0 Å². The maximum Gasteiger partial charge on any atom is 0.410 e. The molecule has 0 aliphatic carbocycles. The van der Waals surface area contributed by atoms with E-state index in [1.165, 1.54) is 0 Å². The zero-order valence-electron chi connectivity index (χ0n) is 13.2. The number of hydrogen-bond donors (Lipinski definition) is 1. The van der Waals surface area contributed by atoms with E-state index in [1.54, 1.807) is 9.47 Å². The summed E-state index contributed by atoms with van der Waals surface area (Å²) in [6.07, 6.45) is 1.32. The van der Waals surface area contributed by atoms with Crippen molar-refractivity contribution in [1.82, 2.24) is 19.7 Å². The van der Waals surface area contributed by atoms with Crippen molar-refractivity contribution in [3.63, 3.8) is 0 Å². The van der Waals surface area contributed by atoms with Crippen molar-refractivity contribution in [1.29, 1.82) is 0 Å². The van der Waals surface area contributed by atoms with E-state index in [4.69, 9.17) is 4.74 Å². The molecule has 118 valence electrons. The van der Waals surface area contributed by atoms with E-state index in [0.717, 1.165) is 12.2 Å². The number of rotatable bonds is 4. The van der Waals surface area contributed by atoms with Crippen LogP contribution in [0.3, 0.4) is 0 Å². The summed E-state index contributed by atoms with van der Waals surface area (Å²) in [6.45, 7) is 9.58. The first-order chi connectivity index (χ1) is 9.80. The van der Waals surface area contributed by atoms with Crippen molar-refractivity contribution in [2.75, 3.05) is 13.1 Å². The first kappa shape index (κ1) is 15.6. The maximum absolute atomic E-state index is 11.8. The molecule has 1 amide bonds. The molecule has 0 spiro atoms. The zero-order chi connectivity index (χ0) is 15.6. The lowest BCUT2D eigenvalue weighted by Gasteiger charge is -2.39. The van der Waals surface area contributed by atoms with Crippen LogP contribution in [0.2, 0.25) is 0 Å². The van der Waals surface area contributed by atoms with E-state index in [9.17, 15) is 9.59 Å². The van der Waals surface area contributed by atoms with Gasteiger partial charge in [-0.25, -0.2) is 14.7 Å². The Balaban J connectivity index is 1.86. The molecule has 1 fully saturated rings. The van der Waals surface area contributed by atoms with Crippen LogP contribution in [-0.4, -0.2) is 44.4 Å². The van der Waals surface area contributed by atoms with Gasteiger partial charge in [0.1, 0.15) is 11.4 Å². The van der Waals surface area contributed by atoms with Gasteiger partial charge in [0.2, 0.25) is 0 Å². The molecule has 0 bridgehead atoms. The van der Waals surface area contributed by atoms with Gasteiger partial charge in [-0.2, -0.15) is 5.10 Å². The highest BCUT2D eigenvalue weighted by Gasteiger charge is 2.34. The third-order valence-corrected chi connectivity index (χ3v) is 3.36. The van der Waals surface area contributed by atoms with Crippen molar-refractivity contribution < 1.29 is 9.53 Å². The number of nitrogens with one attached hydrogen (secondary N) is 1. The fraction of sp³-hybridized carbons (Fsp3) is 0.786. The Kier molecular flexibility index (Phi) is 4.39. The Bertz CT molecular complexity index is 549. The Morgan fingerprint density at radius 1 is 1.43 bits per heavy atom. The molecule has 7 heteroatoms. The predicted molar refractivity (Wildman–Crippen MR) is 78.1 cm³/mol. The summed E-state index contributed by atoms with van der Waals surface area (Å²) in [5, 5.41) is 6.57. The van der Waals surface area contributed by atoms with Gasteiger partial charge in [0.25, 0.3) is 0 Å². The van der Waals surface area contributed by atoms with Crippen LogP contribution in [0.5, 0.6) is 0 Å². The highest BCUT2D eigenvalue weighted by molar-refractivity contribution is 5.69. The number of likely N-dealkylation sites (tertiary alicyclic amines) is 1. The van der Waals surface area contributed by atoms with E-state index in [-0.39, 0.29) is 11.8 Å². The molecular weight excluding hydrogens is 272 g/mol. The third kappa shape index (κ3) is 3.86. The summed E-state index contributed by atoms with van der Waals surface area (Å²) in [4.78, 5) is 25.1. The van der Waals surface area contributed by atoms with E-state index < -0.39 is 5.60 Å². The smallest absolute Gasteiger partial charge is 0.410 e. The van der Waals surface area contributed by atoms with E-state index >= 15 is 0 Å². The van der Waals surface area contributed by atoms with Crippen LogP contribution in [-0.2, 0) is 17.7 Å². The number of aromatic amines is 1. The normalized spacial score (nSPS) is 15.9. The summed E-state index contributed by atoms with van der Waals surface area (Å²) >= 11 is 0. The predicted octanol–water partition coefficient (Wildman–Crippen LogP) is 1.39. The molecule has 0 aromatic carbocycles. The minimum atomic E-state index is -0.466. The molecule has 1 aliphatic rings. The van der Waals surface area contributed by atoms with Crippen LogP contribution in [0.15, 0.2) is 4.79 Å². The quantitative estimate of drug-likeness (QED) is 0.910. The first-order valence-electron chi connectivity index (χ1n) is 7.42. The molecular formula is C14H24N4O3. The number of carbonyl (C=O) groups excluding carboxylic acids is 1. The van der Waals surface area contributed by atoms with Gasteiger partial charge in [0.15, 0.2) is 0 Å². The van der Waals surface area contributed by atoms with Gasteiger partial charge in [-0.05, 0) is 27.2 Å². The number of H-pyrrole nitrogens is 1. The van der Waals surface area contributed by atoms with Gasteiger partial charge in [0.05, 0.1) is 0 Å². The molecule has 1 aromatic heterocycles. The lowest BCUT2D eigenvalue weighted by Crippen LogP contribution is -2.52. The van der Waals surface area contributed by atoms with Gasteiger partial charge in [-0.15, -0.1) is 0 Å². The fourth-order valence-electron chi connectivity index (χ4n) is 2.39. The lowest BCUT2D eigenvalue weighted by molar-refractivity contribution is -0.00125. The van der Waals surface area contributed by atoms with Gasteiger partial charge < -0.3 is 9.64 Å². The molecule has 0 atom stereocenters. The van der Waals surface area contributed by atoms with Crippen LogP contribution in [0.4, 0.5) is 4.79 Å². The van der Waals surface area contributed by atoms with Crippen LogP contribution in [0.1, 0.15) is 39.9 Å². The Hall–Kier alpha value is -1.79. The number of ether oxygens (including phenoxy) is 1. The average molecular weight is 296 g/mol. The average Bonchev–Trinajstić information content (AvgIpc) is 2.63. The monoisotopic (exact) mass is 296 g/mol. The zero-order valence-corrected chi connectivity index (χ0v) is 13.2. The molecule has 1 saturated heterocycles. The summed E-state index contributed by atoms with van der Waals surface area (Å²) < 4.78 is 6.99. The molecule has 2 heterocycles. The second kappa shape index (κ2) is 5.91. The molecule has 1 N–H and O–H groups in total. The number of carbonyl (C=O) groups is 1. The van der Waals surface area contributed by atoms with Crippen molar-refractivity contribution >= 4 is 6.09 Å². The molecule has 1 aromatic rings. The standard InChI is InChI=1S/C14H24N4O3/c1-5-6-18-11(15-16-12(18)19)7-10-8-17(9-10)13(20)21-14(2,3)4/h10H,5-9H2,1-4H3,(H,16,19). The molecule has 7 nitrogen and oxygen atoms in total. The molecule has 0 radical (unpaired) electrons. The van der Waals surface area contributed by atoms with Crippen LogP contribution < -0.4 is 5.69 Å². The number of aromatic nitrogens is 3. The number of hydrogen-bond acceptors (Lipinski definition) is 4. The molecule has 2 rings (SSSR count). The largest absolute Gasteiger partial charge is 0.444 e. The lowest BCUT2D eigenvalue weighted by atomic mass is 9.96. The topological polar surface area (TPSA) is 80.2 Å². The Labute approximate surface area is 124 Å². The van der Waals surface area contributed by atoms with Crippen molar-refractivity contribution in [2.24, 2.45) is 5.92 Å². The number of amides is 1. The summed E-state index contributed by atoms with van der Waals surface area (Å²) in [6, 6.07) is 0. The van der Waals surface area contributed by atoms with E-state index in [2.05, 4.69) is 10.2 Å². The van der Waals surface area contributed by atoms with Gasteiger partial charge in [-0.3, -0.25) is 4.57 Å². The minimum absolute atomic E-state index is 0.157.